The molecule has 0 atom stereocenters. The summed E-state index contributed by atoms with van der Waals surface area (Å²) < 4.78 is 5.56. The normalized spacial score (nSPS) is 20.8. The third-order valence-electron chi connectivity index (χ3n) is 4.78. The second-order valence-electron chi connectivity index (χ2n) is 7.11. The van der Waals surface area contributed by atoms with E-state index in [2.05, 4.69) is 32.7 Å². The van der Waals surface area contributed by atoms with Gasteiger partial charge in [-0.25, -0.2) is 9.78 Å². The molecule has 1 aromatic rings. The van der Waals surface area contributed by atoms with Gasteiger partial charge >= 0.3 is 5.97 Å². The fourth-order valence-corrected chi connectivity index (χ4v) is 3.00. The zero-order valence-corrected chi connectivity index (χ0v) is 12.6. The number of carboxylic acid groups (broad SMARTS) is 1. The molecule has 2 rings (SSSR count). The number of rotatable bonds is 4. The van der Waals surface area contributed by atoms with Gasteiger partial charge in [0.1, 0.15) is 0 Å². The summed E-state index contributed by atoms with van der Waals surface area (Å²) in [5.41, 5.74) is 0.779. The summed E-state index contributed by atoms with van der Waals surface area (Å²) in [5, 5.41) is 9.22. The molecule has 0 amide bonds. The Balaban J connectivity index is 2.37. The van der Waals surface area contributed by atoms with E-state index in [9.17, 15) is 9.90 Å². The standard InChI is InChI=1S/C15H23NO3/c1-8(2)7-9-10(13(17)18)19-12(16-9)11-14(3,4)15(11,5)6/h8,11H,7H2,1-6H3,(H,17,18). The molecule has 19 heavy (non-hydrogen) atoms. The quantitative estimate of drug-likeness (QED) is 0.901. The Kier molecular flexibility index (Phi) is 3.03. The molecular weight excluding hydrogens is 242 g/mol. The maximum atomic E-state index is 11.2. The Hall–Kier alpha value is -1.32. The number of aromatic carboxylic acids is 1. The molecule has 0 aliphatic heterocycles. The maximum absolute atomic E-state index is 11.2. The van der Waals surface area contributed by atoms with Crippen LogP contribution in [0.15, 0.2) is 4.42 Å². The molecule has 0 saturated heterocycles. The van der Waals surface area contributed by atoms with Crippen LogP contribution >= 0.6 is 0 Å². The van der Waals surface area contributed by atoms with Crippen molar-refractivity contribution in [3.63, 3.8) is 0 Å². The highest BCUT2D eigenvalue weighted by atomic mass is 16.4. The molecule has 1 aromatic heterocycles. The van der Waals surface area contributed by atoms with Crippen molar-refractivity contribution < 1.29 is 14.3 Å². The number of oxazole rings is 1. The predicted molar refractivity (Wildman–Crippen MR) is 72.3 cm³/mol. The number of aromatic nitrogens is 1. The van der Waals surface area contributed by atoms with Crippen molar-refractivity contribution in [1.82, 2.24) is 4.98 Å². The molecule has 0 unspecified atom stereocenters. The lowest BCUT2D eigenvalue weighted by Gasteiger charge is -2.03. The lowest BCUT2D eigenvalue weighted by Crippen LogP contribution is -2.03. The topological polar surface area (TPSA) is 63.3 Å². The first-order valence-corrected chi connectivity index (χ1v) is 6.82. The molecule has 1 heterocycles. The lowest BCUT2D eigenvalue weighted by atomic mass is 10.0. The highest BCUT2D eigenvalue weighted by Gasteiger charge is 2.67. The Labute approximate surface area is 114 Å². The maximum Gasteiger partial charge on any atom is 0.373 e. The molecule has 0 radical (unpaired) electrons. The molecule has 4 heteroatoms. The largest absolute Gasteiger partial charge is 0.475 e. The van der Waals surface area contributed by atoms with Crippen LogP contribution in [-0.2, 0) is 6.42 Å². The third kappa shape index (κ3) is 2.07. The summed E-state index contributed by atoms with van der Waals surface area (Å²) >= 11 is 0. The smallest absolute Gasteiger partial charge is 0.373 e. The van der Waals surface area contributed by atoms with Crippen molar-refractivity contribution in [3.05, 3.63) is 17.3 Å². The molecule has 1 aliphatic carbocycles. The van der Waals surface area contributed by atoms with Crippen LogP contribution in [0.3, 0.4) is 0 Å². The minimum absolute atomic E-state index is 0.0159. The predicted octanol–water partition coefficient (Wildman–Crippen LogP) is 3.72. The second kappa shape index (κ2) is 4.09. The van der Waals surface area contributed by atoms with E-state index in [4.69, 9.17) is 4.42 Å². The number of nitrogens with zero attached hydrogens (tertiary/aromatic N) is 1. The molecular formula is C15H23NO3. The second-order valence-corrected chi connectivity index (χ2v) is 7.11. The summed E-state index contributed by atoms with van der Waals surface area (Å²) in [6.45, 7) is 12.8. The summed E-state index contributed by atoms with van der Waals surface area (Å²) in [4.78, 5) is 15.7. The number of hydrogen-bond acceptors (Lipinski definition) is 3. The Morgan fingerprint density at radius 1 is 1.32 bits per heavy atom. The van der Waals surface area contributed by atoms with E-state index in [1.54, 1.807) is 0 Å². The van der Waals surface area contributed by atoms with E-state index in [1.807, 2.05) is 13.8 Å². The first kappa shape index (κ1) is 14.1. The highest BCUT2D eigenvalue weighted by molar-refractivity contribution is 5.85. The summed E-state index contributed by atoms with van der Waals surface area (Å²) in [5.74, 6) is 0.131. The van der Waals surface area contributed by atoms with Gasteiger partial charge in [0.25, 0.3) is 0 Å². The lowest BCUT2D eigenvalue weighted by molar-refractivity contribution is 0.0658. The molecule has 1 saturated carbocycles. The Morgan fingerprint density at radius 2 is 1.84 bits per heavy atom. The van der Waals surface area contributed by atoms with Crippen molar-refractivity contribution in [2.24, 2.45) is 16.7 Å². The van der Waals surface area contributed by atoms with Crippen LogP contribution in [0.4, 0.5) is 0 Å². The fraction of sp³-hybridized carbons (Fsp3) is 0.733. The van der Waals surface area contributed by atoms with Crippen molar-refractivity contribution in [3.8, 4) is 0 Å². The van der Waals surface area contributed by atoms with E-state index in [0.29, 0.717) is 23.9 Å². The van der Waals surface area contributed by atoms with E-state index in [1.165, 1.54) is 0 Å². The zero-order chi connectivity index (χ0) is 14.6. The van der Waals surface area contributed by atoms with E-state index in [0.717, 1.165) is 0 Å². The average molecular weight is 265 g/mol. The van der Waals surface area contributed by atoms with E-state index < -0.39 is 5.97 Å². The number of carbonyl (C=O) groups is 1. The van der Waals surface area contributed by atoms with Gasteiger partial charge in [-0.15, -0.1) is 0 Å². The van der Waals surface area contributed by atoms with Crippen molar-refractivity contribution in [1.29, 1.82) is 0 Å². The minimum Gasteiger partial charge on any atom is -0.475 e. The van der Waals surface area contributed by atoms with Crippen LogP contribution in [-0.4, -0.2) is 16.1 Å². The van der Waals surface area contributed by atoms with E-state index >= 15 is 0 Å². The zero-order valence-electron chi connectivity index (χ0n) is 12.6. The molecule has 4 nitrogen and oxygen atoms in total. The van der Waals surface area contributed by atoms with Crippen LogP contribution in [0, 0.1) is 16.7 Å². The van der Waals surface area contributed by atoms with Crippen molar-refractivity contribution in [2.45, 2.75) is 53.9 Å². The van der Waals surface area contributed by atoms with Gasteiger partial charge in [0.15, 0.2) is 5.89 Å². The fourth-order valence-electron chi connectivity index (χ4n) is 3.00. The monoisotopic (exact) mass is 265 g/mol. The molecule has 1 aliphatic rings. The molecule has 0 spiro atoms. The number of hydrogen-bond donors (Lipinski definition) is 1. The van der Waals surface area contributed by atoms with Gasteiger partial charge < -0.3 is 9.52 Å². The van der Waals surface area contributed by atoms with Gasteiger partial charge in [-0.3, -0.25) is 0 Å². The van der Waals surface area contributed by atoms with E-state index in [-0.39, 0.29) is 22.5 Å². The summed E-state index contributed by atoms with van der Waals surface area (Å²) in [7, 11) is 0. The van der Waals surface area contributed by atoms with Gasteiger partial charge in [0.05, 0.1) is 5.69 Å². The SMILES string of the molecule is CC(C)Cc1nc(C2C(C)(C)C2(C)C)oc1C(=O)O. The average Bonchev–Trinajstić information content (AvgIpc) is 2.56. The Bertz CT molecular complexity index is 497. The highest BCUT2D eigenvalue weighted by Crippen LogP contribution is 2.73. The third-order valence-corrected chi connectivity index (χ3v) is 4.78. The minimum atomic E-state index is -1.02. The number of carboxylic acids is 1. The molecule has 1 fully saturated rings. The molecule has 0 bridgehead atoms. The van der Waals surface area contributed by atoms with Gasteiger partial charge in [0, 0.05) is 5.92 Å². The van der Waals surface area contributed by atoms with Crippen LogP contribution in [0.25, 0.3) is 0 Å². The summed E-state index contributed by atoms with van der Waals surface area (Å²) in [6, 6.07) is 0. The van der Waals surface area contributed by atoms with Gasteiger partial charge in [-0.1, -0.05) is 41.5 Å². The summed E-state index contributed by atoms with van der Waals surface area (Å²) in [6.07, 6.45) is 0.638. The molecule has 0 aromatic carbocycles. The van der Waals surface area contributed by atoms with Gasteiger partial charge in [0.2, 0.25) is 5.76 Å². The van der Waals surface area contributed by atoms with Crippen molar-refractivity contribution >= 4 is 5.97 Å². The van der Waals surface area contributed by atoms with Gasteiger partial charge in [-0.2, -0.15) is 0 Å². The van der Waals surface area contributed by atoms with Crippen LogP contribution < -0.4 is 0 Å². The van der Waals surface area contributed by atoms with Crippen LogP contribution in [0.1, 0.15) is 69.6 Å². The first-order valence-electron chi connectivity index (χ1n) is 6.82. The molecule has 106 valence electrons. The van der Waals surface area contributed by atoms with Crippen LogP contribution in [0.2, 0.25) is 0 Å². The van der Waals surface area contributed by atoms with Crippen LogP contribution in [0.5, 0.6) is 0 Å². The molecule has 1 N–H and O–H groups in total. The Morgan fingerprint density at radius 3 is 2.21 bits per heavy atom. The van der Waals surface area contributed by atoms with Gasteiger partial charge in [-0.05, 0) is 23.2 Å². The first-order chi connectivity index (χ1) is 8.59. The van der Waals surface area contributed by atoms with Crippen molar-refractivity contribution in [2.75, 3.05) is 0 Å².